The smallest absolute Gasteiger partial charge is 0.342 e. The molecule has 0 spiro atoms. The van der Waals surface area contributed by atoms with Crippen LogP contribution < -0.4 is 0 Å². The van der Waals surface area contributed by atoms with Gasteiger partial charge in [0.1, 0.15) is 11.3 Å². The fourth-order valence-electron chi connectivity index (χ4n) is 1.90. The van der Waals surface area contributed by atoms with Gasteiger partial charge in [0, 0.05) is 4.88 Å². The molecule has 22 heavy (non-hydrogen) atoms. The number of carbonyl (C=O) groups excluding carboxylic acids is 2. The van der Waals surface area contributed by atoms with E-state index in [1.54, 1.807) is 38.1 Å². The van der Waals surface area contributed by atoms with E-state index in [9.17, 15) is 9.59 Å². The molecule has 0 amide bonds. The molecule has 0 saturated carbocycles. The number of thiophene rings is 1. The van der Waals surface area contributed by atoms with E-state index in [2.05, 4.69) is 0 Å². The first kappa shape index (κ1) is 16.0. The number of furan rings is 1. The molecule has 0 aliphatic carbocycles. The van der Waals surface area contributed by atoms with Crippen molar-refractivity contribution in [1.29, 1.82) is 0 Å². The highest BCUT2D eigenvalue weighted by atomic mass is 32.1. The predicted molar refractivity (Wildman–Crippen MR) is 83.1 cm³/mol. The molecule has 116 valence electrons. The first-order valence-electron chi connectivity index (χ1n) is 6.85. The van der Waals surface area contributed by atoms with Crippen molar-refractivity contribution in [1.82, 2.24) is 0 Å². The summed E-state index contributed by atoms with van der Waals surface area (Å²) in [6.45, 7) is 3.82. The Hall–Kier alpha value is -2.34. The van der Waals surface area contributed by atoms with Crippen molar-refractivity contribution in [3.8, 4) is 0 Å². The van der Waals surface area contributed by atoms with Crippen LogP contribution in [0.2, 0.25) is 0 Å². The number of esters is 2. The Kier molecular flexibility index (Phi) is 5.55. The van der Waals surface area contributed by atoms with Crippen LogP contribution in [0.1, 0.15) is 24.5 Å². The minimum Gasteiger partial charge on any atom is -0.464 e. The van der Waals surface area contributed by atoms with Crippen LogP contribution in [0.15, 0.2) is 40.3 Å². The number of rotatable bonds is 6. The van der Waals surface area contributed by atoms with E-state index < -0.39 is 11.9 Å². The van der Waals surface area contributed by atoms with Crippen LogP contribution >= 0.6 is 11.3 Å². The molecular weight excluding hydrogens is 304 g/mol. The Morgan fingerprint density at radius 3 is 2.23 bits per heavy atom. The van der Waals surface area contributed by atoms with Crippen molar-refractivity contribution in [2.75, 3.05) is 13.2 Å². The predicted octanol–water partition coefficient (Wildman–Crippen LogP) is 3.38. The zero-order valence-electron chi connectivity index (χ0n) is 12.3. The molecule has 6 heteroatoms. The average Bonchev–Trinajstić information content (AvgIpc) is 3.18. The maximum atomic E-state index is 12.4. The van der Waals surface area contributed by atoms with Gasteiger partial charge in [0.05, 0.1) is 25.1 Å². The minimum absolute atomic E-state index is 0.0766. The van der Waals surface area contributed by atoms with E-state index in [-0.39, 0.29) is 30.1 Å². The molecule has 0 bridgehead atoms. The second kappa shape index (κ2) is 7.61. The molecule has 2 aromatic rings. The van der Waals surface area contributed by atoms with Crippen molar-refractivity contribution in [2.45, 2.75) is 13.8 Å². The fourth-order valence-corrected chi connectivity index (χ4v) is 2.66. The number of carbonyl (C=O) groups is 2. The lowest BCUT2D eigenvalue weighted by molar-refractivity contribution is -0.138. The molecule has 5 nitrogen and oxygen atoms in total. The third-order valence-electron chi connectivity index (χ3n) is 2.74. The van der Waals surface area contributed by atoms with Gasteiger partial charge in [-0.2, -0.15) is 0 Å². The van der Waals surface area contributed by atoms with E-state index >= 15 is 0 Å². The maximum absolute atomic E-state index is 12.4. The Morgan fingerprint density at radius 2 is 1.73 bits per heavy atom. The van der Waals surface area contributed by atoms with Gasteiger partial charge < -0.3 is 13.9 Å². The summed E-state index contributed by atoms with van der Waals surface area (Å²) in [6.07, 6.45) is 1.44. The summed E-state index contributed by atoms with van der Waals surface area (Å²) in [6, 6.07) is 6.80. The Morgan fingerprint density at radius 1 is 1.05 bits per heavy atom. The molecule has 0 saturated heterocycles. The molecule has 0 aromatic carbocycles. The summed E-state index contributed by atoms with van der Waals surface area (Å²) in [5.74, 6) is -0.923. The standard InChI is InChI=1S/C16H16O5S/c1-3-19-15(17)13(11-7-5-9-21-11)14(16(18)20-4-2)12-8-6-10-22-12/h5-10H,3-4H2,1-2H3/b14-13+. The van der Waals surface area contributed by atoms with Gasteiger partial charge in [-0.1, -0.05) is 6.07 Å². The van der Waals surface area contributed by atoms with Crippen LogP contribution in [0.3, 0.4) is 0 Å². The summed E-state index contributed by atoms with van der Waals surface area (Å²) < 4.78 is 15.5. The molecular formula is C16H16O5S. The summed E-state index contributed by atoms with van der Waals surface area (Å²) in [7, 11) is 0. The lowest BCUT2D eigenvalue weighted by atomic mass is 10.0. The third kappa shape index (κ3) is 3.46. The van der Waals surface area contributed by atoms with Crippen LogP contribution in [-0.2, 0) is 19.1 Å². The van der Waals surface area contributed by atoms with Crippen LogP contribution in [0.25, 0.3) is 11.1 Å². The minimum atomic E-state index is -0.617. The van der Waals surface area contributed by atoms with Crippen molar-refractivity contribution in [3.05, 3.63) is 46.5 Å². The molecule has 0 atom stereocenters. The van der Waals surface area contributed by atoms with Crippen molar-refractivity contribution in [2.24, 2.45) is 0 Å². The van der Waals surface area contributed by atoms with E-state index in [0.29, 0.717) is 4.88 Å². The monoisotopic (exact) mass is 320 g/mol. The van der Waals surface area contributed by atoms with Crippen molar-refractivity contribution >= 4 is 34.4 Å². The number of hydrogen-bond acceptors (Lipinski definition) is 6. The van der Waals surface area contributed by atoms with Crippen LogP contribution in [0, 0.1) is 0 Å². The fraction of sp³-hybridized carbons (Fsp3) is 0.250. The average molecular weight is 320 g/mol. The van der Waals surface area contributed by atoms with Gasteiger partial charge in [-0.05, 0) is 37.4 Å². The zero-order chi connectivity index (χ0) is 15.9. The second-order valence-electron chi connectivity index (χ2n) is 4.15. The van der Waals surface area contributed by atoms with Crippen LogP contribution in [0.5, 0.6) is 0 Å². The highest BCUT2D eigenvalue weighted by Gasteiger charge is 2.28. The largest absolute Gasteiger partial charge is 0.464 e. The van der Waals surface area contributed by atoms with Gasteiger partial charge in [0.15, 0.2) is 0 Å². The van der Waals surface area contributed by atoms with Gasteiger partial charge in [0.2, 0.25) is 0 Å². The van der Waals surface area contributed by atoms with E-state index in [4.69, 9.17) is 13.9 Å². The first-order valence-corrected chi connectivity index (χ1v) is 7.73. The lowest BCUT2D eigenvalue weighted by Gasteiger charge is -2.11. The van der Waals surface area contributed by atoms with Gasteiger partial charge in [0.25, 0.3) is 0 Å². The topological polar surface area (TPSA) is 65.7 Å². The summed E-state index contributed by atoms with van der Waals surface area (Å²) in [4.78, 5) is 25.3. The van der Waals surface area contributed by atoms with Gasteiger partial charge in [-0.25, -0.2) is 9.59 Å². The number of ether oxygens (including phenoxy) is 2. The molecule has 0 aliphatic rings. The molecule has 0 aliphatic heterocycles. The molecule has 0 fully saturated rings. The molecule has 0 radical (unpaired) electrons. The summed E-state index contributed by atoms with van der Waals surface area (Å²) >= 11 is 1.34. The molecule has 2 rings (SSSR count). The van der Waals surface area contributed by atoms with Crippen LogP contribution in [-0.4, -0.2) is 25.2 Å². The van der Waals surface area contributed by atoms with Gasteiger partial charge >= 0.3 is 11.9 Å². The van der Waals surface area contributed by atoms with Crippen LogP contribution in [0.4, 0.5) is 0 Å². The second-order valence-corrected chi connectivity index (χ2v) is 5.09. The Labute approximate surface area is 132 Å². The normalized spacial score (nSPS) is 11.7. The van der Waals surface area contributed by atoms with E-state index in [1.807, 2.05) is 5.38 Å². The van der Waals surface area contributed by atoms with E-state index in [1.165, 1.54) is 17.6 Å². The van der Waals surface area contributed by atoms with Gasteiger partial charge in [-0.3, -0.25) is 0 Å². The van der Waals surface area contributed by atoms with E-state index in [0.717, 1.165) is 0 Å². The Balaban J connectivity index is 2.64. The molecule has 2 aromatic heterocycles. The first-order chi connectivity index (χ1) is 10.7. The highest BCUT2D eigenvalue weighted by molar-refractivity contribution is 7.11. The highest BCUT2D eigenvalue weighted by Crippen LogP contribution is 2.31. The zero-order valence-corrected chi connectivity index (χ0v) is 13.1. The summed E-state index contributed by atoms with van der Waals surface area (Å²) in [5.41, 5.74) is 0.234. The third-order valence-corrected chi connectivity index (χ3v) is 3.63. The lowest BCUT2D eigenvalue weighted by Crippen LogP contribution is -2.14. The van der Waals surface area contributed by atoms with Crippen molar-refractivity contribution in [3.63, 3.8) is 0 Å². The van der Waals surface area contributed by atoms with Crippen molar-refractivity contribution < 1.29 is 23.5 Å². The number of hydrogen-bond donors (Lipinski definition) is 0. The maximum Gasteiger partial charge on any atom is 0.342 e. The molecule has 2 heterocycles. The SMILES string of the molecule is CCOC(=O)/C(=C(/C(=O)OCC)c1cccs1)c1ccco1. The quantitative estimate of drug-likeness (QED) is 0.603. The molecule has 0 N–H and O–H groups in total. The summed E-state index contributed by atoms with van der Waals surface area (Å²) in [5, 5.41) is 1.82. The van der Waals surface area contributed by atoms with Gasteiger partial charge in [-0.15, -0.1) is 11.3 Å². The Bertz CT molecular complexity index is 595. The molecule has 0 unspecified atom stereocenters.